The van der Waals surface area contributed by atoms with Crippen LogP contribution in [0.3, 0.4) is 0 Å². The molecule has 2 saturated heterocycles. The summed E-state index contributed by atoms with van der Waals surface area (Å²) in [6, 6.07) is 12.7. The second-order valence-electron chi connectivity index (χ2n) is 7.88. The zero-order chi connectivity index (χ0) is 18.5. The third kappa shape index (κ3) is 2.97. The van der Waals surface area contributed by atoms with E-state index in [2.05, 4.69) is 58.3 Å². The molecule has 1 amide bonds. The number of carbonyl (C=O) groups is 1. The van der Waals surface area contributed by atoms with Crippen molar-refractivity contribution in [3.63, 3.8) is 0 Å². The predicted molar refractivity (Wildman–Crippen MR) is 111 cm³/mol. The Morgan fingerprint density at radius 3 is 2.79 bits per heavy atom. The number of halogens is 1. The molecule has 5 rings (SSSR count). The van der Waals surface area contributed by atoms with E-state index in [1.165, 1.54) is 11.1 Å². The third-order valence-corrected chi connectivity index (χ3v) is 6.21. The molecule has 2 fully saturated rings. The lowest BCUT2D eigenvalue weighted by atomic mass is 9.88. The molecular weight excluding hydrogens is 374 g/mol. The van der Waals surface area contributed by atoms with Gasteiger partial charge in [-0.3, -0.25) is 14.8 Å². The normalized spacial score (nSPS) is 24.4. The summed E-state index contributed by atoms with van der Waals surface area (Å²) in [5.74, 6) is 1.00. The molecule has 7 heteroatoms. The van der Waals surface area contributed by atoms with Crippen molar-refractivity contribution in [1.29, 1.82) is 0 Å². The van der Waals surface area contributed by atoms with Crippen LogP contribution in [0.2, 0.25) is 0 Å². The van der Waals surface area contributed by atoms with Gasteiger partial charge in [0, 0.05) is 37.0 Å². The molecule has 28 heavy (non-hydrogen) atoms. The van der Waals surface area contributed by atoms with Crippen molar-refractivity contribution in [2.45, 2.75) is 13.0 Å². The van der Waals surface area contributed by atoms with Crippen LogP contribution in [0.15, 0.2) is 42.6 Å². The number of nitrogens with zero attached hydrogens (tertiary/aromatic N) is 4. The number of amides is 1. The third-order valence-electron chi connectivity index (χ3n) is 6.21. The Morgan fingerprint density at radius 1 is 1.14 bits per heavy atom. The van der Waals surface area contributed by atoms with Crippen molar-refractivity contribution >= 4 is 29.3 Å². The minimum atomic E-state index is 0. The minimum Gasteiger partial charge on any atom is -0.337 e. The summed E-state index contributed by atoms with van der Waals surface area (Å²) in [5, 5.41) is 7.76. The number of hydrogen-bond donors (Lipinski definition) is 1. The number of nitrogens with one attached hydrogen (secondary N) is 1. The van der Waals surface area contributed by atoms with Gasteiger partial charge in [0.1, 0.15) is 5.69 Å². The topological polar surface area (TPSA) is 65.1 Å². The number of likely N-dealkylation sites (tertiary alicyclic amines) is 2. The molecule has 0 radical (unpaired) electrons. The smallest absolute Gasteiger partial charge is 0.272 e. The minimum absolute atomic E-state index is 0. The molecule has 146 valence electrons. The lowest BCUT2D eigenvalue weighted by Crippen LogP contribution is -2.34. The second-order valence-corrected chi connectivity index (χ2v) is 7.88. The van der Waals surface area contributed by atoms with Crippen molar-refractivity contribution in [1.82, 2.24) is 25.0 Å². The highest BCUT2D eigenvalue weighted by molar-refractivity contribution is 5.94. The highest BCUT2D eigenvalue weighted by Gasteiger charge is 2.47. The quantitative estimate of drug-likeness (QED) is 0.721. The van der Waals surface area contributed by atoms with E-state index in [9.17, 15) is 4.79 Å². The van der Waals surface area contributed by atoms with Gasteiger partial charge in [-0.05, 0) is 43.1 Å². The van der Waals surface area contributed by atoms with Crippen molar-refractivity contribution < 1.29 is 4.79 Å². The summed E-state index contributed by atoms with van der Waals surface area (Å²) in [6.45, 7) is 4.80. The Labute approximate surface area is 170 Å². The van der Waals surface area contributed by atoms with Gasteiger partial charge < -0.3 is 4.90 Å². The van der Waals surface area contributed by atoms with Gasteiger partial charge in [-0.1, -0.05) is 24.3 Å². The van der Waals surface area contributed by atoms with Crippen molar-refractivity contribution in [2.24, 2.45) is 11.8 Å². The summed E-state index contributed by atoms with van der Waals surface area (Å²) >= 11 is 0. The van der Waals surface area contributed by atoms with Gasteiger partial charge in [0.25, 0.3) is 5.91 Å². The highest BCUT2D eigenvalue weighted by Crippen LogP contribution is 2.45. The largest absolute Gasteiger partial charge is 0.337 e. The molecule has 0 bridgehead atoms. The van der Waals surface area contributed by atoms with Crippen molar-refractivity contribution in [2.75, 3.05) is 26.7 Å². The summed E-state index contributed by atoms with van der Waals surface area (Å²) in [7, 11) is 2.20. The first-order chi connectivity index (χ1) is 13.1. The summed E-state index contributed by atoms with van der Waals surface area (Å²) < 4.78 is 0. The van der Waals surface area contributed by atoms with E-state index >= 15 is 0 Å². The number of aryl methyl sites for hydroxylation is 1. The lowest BCUT2D eigenvalue weighted by molar-refractivity contribution is 0.0762. The Balaban J connectivity index is 0.00000192. The van der Waals surface area contributed by atoms with Gasteiger partial charge >= 0.3 is 0 Å². The van der Waals surface area contributed by atoms with Crippen LogP contribution in [-0.2, 0) is 0 Å². The molecule has 0 saturated carbocycles. The zero-order valence-electron chi connectivity index (χ0n) is 16.0. The number of carbonyl (C=O) groups excluding carboxylic acids is 1. The molecule has 1 N–H and O–H groups in total. The number of fused-ring (bicyclic) bond motifs is 2. The molecule has 3 aromatic rings. The molecule has 0 aliphatic carbocycles. The average Bonchev–Trinajstić information content (AvgIpc) is 3.35. The first kappa shape index (κ1) is 18.9. The zero-order valence-corrected chi connectivity index (χ0v) is 16.8. The van der Waals surface area contributed by atoms with Gasteiger partial charge in [0.2, 0.25) is 0 Å². The van der Waals surface area contributed by atoms with E-state index < -0.39 is 0 Å². The van der Waals surface area contributed by atoms with Crippen molar-refractivity contribution in [3.8, 4) is 0 Å². The van der Waals surface area contributed by atoms with E-state index in [-0.39, 0.29) is 18.3 Å². The fourth-order valence-electron chi connectivity index (χ4n) is 4.92. The fourth-order valence-corrected chi connectivity index (χ4v) is 4.92. The number of pyridine rings is 1. The Kier molecular flexibility index (Phi) is 4.85. The van der Waals surface area contributed by atoms with Gasteiger partial charge in [-0.2, -0.15) is 5.10 Å². The number of rotatable bonds is 2. The van der Waals surface area contributed by atoms with Crippen LogP contribution in [0.25, 0.3) is 11.0 Å². The number of aromatic nitrogens is 3. The Hall–Kier alpha value is -2.44. The number of benzene rings is 1. The number of hydrogen-bond acceptors (Lipinski definition) is 4. The molecule has 6 nitrogen and oxygen atoms in total. The van der Waals surface area contributed by atoms with E-state index in [1.807, 2.05) is 11.0 Å². The first-order valence-corrected chi connectivity index (χ1v) is 9.47. The lowest BCUT2D eigenvalue weighted by Gasteiger charge is -2.28. The molecule has 2 aliphatic rings. The van der Waals surface area contributed by atoms with E-state index in [1.54, 1.807) is 12.3 Å². The van der Waals surface area contributed by atoms with Crippen LogP contribution in [0.4, 0.5) is 0 Å². The second kappa shape index (κ2) is 7.18. The van der Waals surface area contributed by atoms with Crippen LogP contribution >= 0.6 is 12.4 Å². The standard InChI is InChI=1S/C21H23N5O.ClH/c1-13-5-3-4-6-16(13)19-17-12-26(11-15(17)10-25(19)2)21(27)18-8-7-14-9-22-24-20(14)23-18;/h3-9,15,17,19H,10-12H2,1-2H3,(H,22,23,24);1H/t15-,17+,19+;/m0./s1. The Morgan fingerprint density at radius 2 is 1.96 bits per heavy atom. The molecular formula is C21H24ClN5O. The summed E-state index contributed by atoms with van der Waals surface area (Å²) in [6.07, 6.45) is 1.72. The molecule has 1 aromatic carbocycles. The first-order valence-electron chi connectivity index (χ1n) is 9.47. The van der Waals surface area contributed by atoms with Crippen LogP contribution in [-0.4, -0.2) is 57.6 Å². The molecule has 2 aliphatic heterocycles. The maximum absolute atomic E-state index is 13.1. The van der Waals surface area contributed by atoms with Crippen LogP contribution in [0.5, 0.6) is 0 Å². The maximum atomic E-state index is 13.1. The summed E-state index contributed by atoms with van der Waals surface area (Å²) in [4.78, 5) is 21.9. The average molecular weight is 398 g/mol. The van der Waals surface area contributed by atoms with E-state index in [0.29, 0.717) is 29.2 Å². The molecule has 3 atom stereocenters. The van der Waals surface area contributed by atoms with E-state index in [0.717, 1.165) is 25.0 Å². The monoisotopic (exact) mass is 397 g/mol. The van der Waals surface area contributed by atoms with Crippen LogP contribution in [0, 0.1) is 18.8 Å². The predicted octanol–water partition coefficient (Wildman–Crippen LogP) is 3.06. The fraction of sp³-hybridized carbons (Fsp3) is 0.381. The molecule has 0 spiro atoms. The van der Waals surface area contributed by atoms with Gasteiger partial charge in [0.05, 0.1) is 6.20 Å². The number of aromatic amines is 1. The van der Waals surface area contributed by atoms with Crippen LogP contribution in [0.1, 0.15) is 27.7 Å². The maximum Gasteiger partial charge on any atom is 0.272 e. The molecule has 2 aromatic heterocycles. The van der Waals surface area contributed by atoms with Gasteiger partial charge in [-0.25, -0.2) is 4.98 Å². The Bertz CT molecular complexity index is 1020. The van der Waals surface area contributed by atoms with Crippen molar-refractivity contribution in [3.05, 3.63) is 59.4 Å². The number of H-pyrrole nitrogens is 1. The highest BCUT2D eigenvalue weighted by atomic mass is 35.5. The summed E-state index contributed by atoms with van der Waals surface area (Å²) in [5.41, 5.74) is 3.87. The van der Waals surface area contributed by atoms with Crippen LogP contribution < -0.4 is 0 Å². The SMILES string of the molecule is Cc1ccccc1[C@@H]1[C@@H]2CN(C(=O)c3ccc4cn[nH]c4n3)C[C@@H]2CN1C.Cl. The van der Waals surface area contributed by atoms with E-state index in [4.69, 9.17) is 0 Å². The molecule has 4 heterocycles. The van der Waals surface area contributed by atoms with Gasteiger partial charge in [-0.15, -0.1) is 12.4 Å². The molecule has 0 unspecified atom stereocenters. The van der Waals surface area contributed by atoms with Gasteiger partial charge in [0.15, 0.2) is 5.65 Å².